The SMILES string of the molecule is O=C(Nc1cccc(C(F)(F)F)c1)c1cccc(-c2c[nH]c(C(=O)NCCN3CCOCC3)c2)c1. The number of ether oxygens (including phenoxy) is 1. The molecule has 0 unspecified atom stereocenters. The van der Waals surface area contributed by atoms with Gasteiger partial charge in [-0.05, 0) is 47.5 Å². The predicted molar refractivity (Wildman–Crippen MR) is 125 cm³/mol. The van der Waals surface area contributed by atoms with Crippen molar-refractivity contribution in [3.05, 3.63) is 77.6 Å². The van der Waals surface area contributed by atoms with Crippen LogP contribution < -0.4 is 10.6 Å². The van der Waals surface area contributed by atoms with E-state index < -0.39 is 17.6 Å². The van der Waals surface area contributed by atoms with Gasteiger partial charge in [0, 0.05) is 43.6 Å². The summed E-state index contributed by atoms with van der Waals surface area (Å²) in [7, 11) is 0. The van der Waals surface area contributed by atoms with E-state index in [-0.39, 0.29) is 17.2 Å². The fraction of sp³-hybridized carbons (Fsp3) is 0.280. The molecular weight excluding hydrogens is 461 g/mol. The van der Waals surface area contributed by atoms with E-state index in [1.807, 2.05) is 0 Å². The van der Waals surface area contributed by atoms with Crippen molar-refractivity contribution in [1.29, 1.82) is 0 Å². The molecule has 1 aliphatic rings. The van der Waals surface area contributed by atoms with E-state index in [1.54, 1.807) is 36.5 Å². The molecular formula is C25H25F3N4O3. The molecule has 35 heavy (non-hydrogen) atoms. The smallest absolute Gasteiger partial charge is 0.379 e. The van der Waals surface area contributed by atoms with Gasteiger partial charge in [0.25, 0.3) is 11.8 Å². The number of hydrogen-bond acceptors (Lipinski definition) is 4. The first-order chi connectivity index (χ1) is 16.8. The Kier molecular flexibility index (Phi) is 7.52. The summed E-state index contributed by atoms with van der Waals surface area (Å²) in [5, 5.41) is 5.39. The van der Waals surface area contributed by atoms with Crippen LogP contribution >= 0.6 is 0 Å². The number of amides is 2. The third-order valence-electron chi connectivity index (χ3n) is 5.65. The molecule has 184 valence electrons. The van der Waals surface area contributed by atoms with Gasteiger partial charge in [-0.3, -0.25) is 14.5 Å². The number of benzene rings is 2. The van der Waals surface area contributed by atoms with Crippen LogP contribution in [0.4, 0.5) is 18.9 Å². The van der Waals surface area contributed by atoms with Crippen molar-refractivity contribution >= 4 is 17.5 Å². The highest BCUT2D eigenvalue weighted by Crippen LogP contribution is 2.31. The maximum absolute atomic E-state index is 12.9. The highest BCUT2D eigenvalue weighted by molar-refractivity contribution is 6.05. The lowest BCUT2D eigenvalue weighted by Gasteiger charge is -2.26. The van der Waals surface area contributed by atoms with Crippen LogP contribution in [0.15, 0.2) is 60.8 Å². The van der Waals surface area contributed by atoms with Crippen LogP contribution in [0.1, 0.15) is 26.4 Å². The molecule has 0 aliphatic carbocycles. The molecule has 3 aromatic rings. The molecule has 0 spiro atoms. The highest BCUT2D eigenvalue weighted by atomic mass is 19.4. The molecule has 3 N–H and O–H groups in total. The van der Waals surface area contributed by atoms with Crippen LogP contribution in [0.25, 0.3) is 11.1 Å². The van der Waals surface area contributed by atoms with E-state index in [2.05, 4.69) is 20.5 Å². The van der Waals surface area contributed by atoms with Gasteiger partial charge in [0.1, 0.15) is 5.69 Å². The second kappa shape index (κ2) is 10.7. The first-order valence-electron chi connectivity index (χ1n) is 11.2. The largest absolute Gasteiger partial charge is 0.416 e. The van der Waals surface area contributed by atoms with Gasteiger partial charge >= 0.3 is 6.18 Å². The average molecular weight is 486 g/mol. The normalized spacial score (nSPS) is 14.5. The van der Waals surface area contributed by atoms with Crippen LogP contribution in [-0.4, -0.2) is 61.1 Å². The molecule has 2 amide bonds. The lowest BCUT2D eigenvalue weighted by molar-refractivity contribution is -0.137. The monoisotopic (exact) mass is 486 g/mol. The summed E-state index contributed by atoms with van der Waals surface area (Å²) in [5.74, 6) is -0.772. The molecule has 1 fully saturated rings. The van der Waals surface area contributed by atoms with Crippen LogP contribution in [0.3, 0.4) is 0 Å². The Labute approximate surface area is 200 Å². The summed E-state index contributed by atoms with van der Waals surface area (Å²) in [6.45, 7) is 4.35. The summed E-state index contributed by atoms with van der Waals surface area (Å²) in [6, 6.07) is 12.8. The van der Waals surface area contributed by atoms with Crippen LogP contribution in [-0.2, 0) is 10.9 Å². The quantitative estimate of drug-likeness (QED) is 0.471. The average Bonchev–Trinajstić information content (AvgIpc) is 3.35. The Bertz CT molecular complexity index is 1190. The second-order valence-electron chi connectivity index (χ2n) is 8.13. The van der Waals surface area contributed by atoms with Gasteiger partial charge in [0.2, 0.25) is 0 Å². The number of carbonyl (C=O) groups is 2. The Morgan fingerprint density at radius 2 is 1.74 bits per heavy atom. The van der Waals surface area contributed by atoms with Crippen molar-refractivity contribution in [2.45, 2.75) is 6.18 Å². The number of rotatable bonds is 7. The van der Waals surface area contributed by atoms with Gasteiger partial charge in [-0.15, -0.1) is 0 Å². The van der Waals surface area contributed by atoms with Gasteiger partial charge in [-0.25, -0.2) is 0 Å². The second-order valence-corrected chi connectivity index (χ2v) is 8.13. The van der Waals surface area contributed by atoms with Gasteiger partial charge in [0.15, 0.2) is 0 Å². The summed E-state index contributed by atoms with van der Waals surface area (Å²) in [5.41, 5.74) is 1.26. The van der Waals surface area contributed by atoms with Crippen molar-refractivity contribution in [3.63, 3.8) is 0 Å². The van der Waals surface area contributed by atoms with Crippen molar-refractivity contribution in [1.82, 2.24) is 15.2 Å². The van der Waals surface area contributed by atoms with Crippen LogP contribution in [0.2, 0.25) is 0 Å². The molecule has 0 radical (unpaired) electrons. The zero-order chi connectivity index (χ0) is 24.8. The van der Waals surface area contributed by atoms with Gasteiger partial charge in [-0.1, -0.05) is 18.2 Å². The Morgan fingerprint density at radius 1 is 0.971 bits per heavy atom. The predicted octanol–water partition coefficient (Wildman–Crippen LogP) is 4.01. The molecule has 4 rings (SSSR count). The maximum Gasteiger partial charge on any atom is 0.416 e. The molecule has 0 atom stereocenters. The summed E-state index contributed by atoms with van der Waals surface area (Å²) < 4.78 is 44.1. The van der Waals surface area contributed by atoms with Crippen molar-refractivity contribution in [2.75, 3.05) is 44.7 Å². The Hall–Kier alpha value is -3.63. The molecule has 10 heteroatoms. The van der Waals surface area contributed by atoms with E-state index in [1.165, 1.54) is 12.1 Å². The number of aromatic nitrogens is 1. The Balaban J connectivity index is 1.38. The minimum atomic E-state index is -4.50. The number of nitrogens with one attached hydrogen (secondary N) is 3. The number of halogens is 3. The molecule has 7 nitrogen and oxygen atoms in total. The highest BCUT2D eigenvalue weighted by Gasteiger charge is 2.30. The molecule has 1 saturated heterocycles. The Morgan fingerprint density at radius 3 is 2.51 bits per heavy atom. The molecule has 2 heterocycles. The maximum atomic E-state index is 12.9. The minimum Gasteiger partial charge on any atom is -0.379 e. The number of morpholine rings is 1. The lowest BCUT2D eigenvalue weighted by atomic mass is 10.0. The van der Waals surface area contributed by atoms with Crippen molar-refractivity contribution in [3.8, 4) is 11.1 Å². The van der Waals surface area contributed by atoms with Crippen LogP contribution in [0, 0.1) is 0 Å². The molecule has 1 aromatic heterocycles. The first kappa shape index (κ1) is 24.5. The van der Waals surface area contributed by atoms with Gasteiger partial charge in [0.05, 0.1) is 18.8 Å². The number of hydrogen-bond donors (Lipinski definition) is 3. The fourth-order valence-electron chi connectivity index (χ4n) is 3.76. The number of anilines is 1. The zero-order valence-corrected chi connectivity index (χ0v) is 18.8. The van der Waals surface area contributed by atoms with Gasteiger partial charge < -0.3 is 20.4 Å². The first-order valence-corrected chi connectivity index (χ1v) is 11.2. The molecule has 0 saturated carbocycles. The molecule has 0 bridgehead atoms. The number of nitrogens with zero attached hydrogens (tertiary/aromatic N) is 1. The van der Waals surface area contributed by atoms with E-state index in [4.69, 9.17) is 4.74 Å². The summed E-state index contributed by atoms with van der Waals surface area (Å²) in [4.78, 5) is 30.3. The summed E-state index contributed by atoms with van der Waals surface area (Å²) >= 11 is 0. The minimum absolute atomic E-state index is 0.0490. The van der Waals surface area contributed by atoms with Crippen molar-refractivity contribution in [2.24, 2.45) is 0 Å². The van der Waals surface area contributed by atoms with Crippen LogP contribution in [0.5, 0.6) is 0 Å². The molecule has 2 aromatic carbocycles. The van der Waals surface area contributed by atoms with E-state index >= 15 is 0 Å². The van der Waals surface area contributed by atoms with E-state index in [0.29, 0.717) is 36.6 Å². The number of H-pyrrole nitrogens is 1. The van der Waals surface area contributed by atoms with E-state index in [9.17, 15) is 22.8 Å². The number of carbonyl (C=O) groups excluding carboxylic acids is 2. The third kappa shape index (κ3) is 6.49. The zero-order valence-electron chi connectivity index (χ0n) is 18.8. The van der Waals surface area contributed by atoms with Crippen molar-refractivity contribution < 1.29 is 27.5 Å². The summed E-state index contributed by atoms with van der Waals surface area (Å²) in [6.07, 6.45) is -2.83. The number of alkyl halides is 3. The third-order valence-corrected chi connectivity index (χ3v) is 5.65. The number of aromatic amines is 1. The lowest BCUT2D eigenvalue weighted by Crippen LogP contribution is -2.41. The standard InChI is InChI=1S/C25H25F3N4O3/c26-25(27,28)20-5-2-6-21(15-20)31-23(33)18-4-1-3-17(13-18)19-14-22(30-16-19)24(34)29-7-8-32-9-11-35-12-10-32/h1-6,13-16,30H,7-12H2,(H,29,34)(H,31,33). The molecule has 1 aliphatic heterocycles. The fourth-order valence-corrected chi connectivity index (χ4v) is 3.76. The van der Waals surface area contributed by atoms with E-state index in [0.717, 1.165) is 31.8 Å². The topological polar surface area (TPSA) is 86.5 Å². The van der Waals surface area contributed by atoms with Gasteiger partial charge in [-0.2, -0.15) is 13.2 Å².